The van der Waals surface area contributed by atoms with Crippen LogP contribution in [0.3, 0.4) is 0 Å². The average Bonchev–Trinajstić information content (AvgIpc) is 2.11. The van der Waals surface area contributed by atoms with Crippen molar-refractivity contribution >= 4 is 0 Å². The summed E-state index contributed by atoms with van der Waals surface area (Å²) in [5.74, 6) is 2.75. The second kappa shape index (κ2) is 8.32. The van der Waals surface area contributed by atoms with Crippen LogP contribution in [-0.4, -0.2) is 0 Å². The SMILES string of the molecule is CCCCC(C)CC(C)CCC(C)C. The van der Waals surface area contributed by atoms with Gasteiger partial charge in [0.05, 0.1) is 0 Å². The van der Waals surface area contributed by atoms with Gasteiger partial charge in [0.25, 0.3) is 0 Å². The summed E-state index contributed by atoms with van der Waals surface area (Å²) in [6, 6.07) is 0. The highest BCUT2D eigenvalue weighted by Crippen LogP contribution is 2.22. The molecule has 0 spiro atoms. The average molecular weight is 198 g/mol. The lowest BCUT2D eigenvalue weighted by Crippen LogP contribution is -2.04. The van der Waals surface area contributed by atoms with Crippen LogP contribution in [0, 0.1) is 17.8 Å². The van der Waals surface area contributed by atoms with Crippen molar-refractivity contribution in [1.29, 1.82) is 0 Å². The van der Waals surface area contributed by atoms with E-state index in [1.54, 1.807) is 0 Å². The molecule has 0 bridgehead atoms. The predicted molar refractivity (Wildman–Crippen MR) is 66.5 cm³/mol. The summed E-state index contributed by atoms with van der Waals surface area (Å²) < 4.78 is 0. The normalized spacial score (nSPS) is 15.9. The fourth-order valence-corrected chi connectivity index (χ4v) is 2.09. The van der Waals surface area contributed by atoms with Gasteiger partial charge in [-0.15, -0.1) is 0 Å². The van der Waals surface area contributed by atoms with Gasteiger partial charge in [-0.3, -0.25) is 0 Å². The van der Waals surface area contributed by atoms with Crippen molar-refractivity contribution in [3.8, 4) is 0 Å². The van der Waals surface area contributed by atoms with Crippen molar-refractivity contribution in [1.82, 2.24) is 0 Å². The van der Waals surface area contributed by atoms with Crippen molar-refractivity contribution in [2.24, 2.45) is 17.8 Å². The van der Waals surface area contributed by atoms with Crippen LogP contribution in [0.1, 0.15) is 73.1 Å². The summed E-state index contributed by atoms with van der Waals surface area (Å²) in [5, 5.41) is 0. The van der Waals surface area contributed by atoms with E-state index >= 15 is 0 Å². The van der Waals surface area contributed by atoms with Crippen LogP contribution in [0.2, 0.25) is 0 Å². The Morgan fingerprint density at radius 1 is 0.786 bits per heavy atom. The Balaban J connectivity index is 3.44. The van der Waals surface area contributed by atoms with Gasteiger partial charge < -0.3 is 0 Å². The number of unbranched alkanes of at least 4 members (excludes halogenated alkanes) is 1. The minimum Gasteiger partial charge on any atom is -0.0654 e. The van der Waals surface area contributed by atoms with E-state index in [2.05, 4.69) is 34.6 Å². The Bertz CT molecular complexity index is 115. The van der Waals surface area contributed by atoms with Crippen molar-refractivity contribution < 1.29 is 0 Å². The smallest absolute Gasteiger partial charge is 0.0440 e. The van der Waals surface area contributed by atoms with E-state index in [0.717, 1.165) is 17.8 Å². The molecule has 0 saturated heterocycles. The lowest BCUT2D eigenvalue weighted by atomic mass is 9.89. The molecule has 2 unspecified atom stereocenters. The third kappa shape index (κ3) is 8.59. The van der Waals surface area contributed by atoms with Crippen LogP contribution in [0.25, 0.3) is 0 Å². The Hall–Kier alpha value is 0. The van der Waals surface area contributed by atoms with Gasteiger partial charge in [-0.25, -0.2) is 0 Å². The zero-order valence-electron chi connectivity index (χ0n) is 11.0. The maximum Gasteiger partial charge on any atom is -0.0440 e. The Labute approximate surface area is 91.5 Å². The van der Waals surface area contributed by atoms with Gasteiger partial charge in [0, 0.05) is 0 Å². The minimum absolute atomic E-state index is 0.878. The Morgan fingerprint density at radius 3 is 1.86 bits per heavy atom. The number of hydrogen-bond acceptors (Lipinski definition) is 0. The molecule has 0 fully saturated rings. The summed E-state index contributed by atoms with van der Waals surface area (Å²) in [7, 11) is 0. The van der Waals surface area contributed by atoms with E-state index < -0.39 is 0 Å². The molecule has 0 N–H and O–H groups in total. The van der Waals surface area contributed by atoms with E-state index in [-0.39, 0.29) is 0 Å². The summed E-state index contributed by atoms with van der Waals surface area (Å²) in [6.45, 7) is 11.8. The molecule has 0 heterocycles. The quantitative estimate of drug-likeness (QED) is 0.498. The van der Waals surface area contributed by atoms with E-state index in [0.29, 0.717) is 0 Å². The van der Waals surface area contributed by atoms with Crippen molar-refractivity contribution in [2.45, 2.75) is 73.1 Å². The molecule has 0 aromatic carbocycles. The third-order valence-electron chi connectivity index (χ3n) is 3.09. The molecule has 0 aromatic heterocycles. The zero-order valence-corrected chi connectivity index (χ0v) is 11.0. The first-order chi connectivity index (χ1) is 6.56. The monoisotopic (exact) mass is 198 g/mol. The first-order valence-corrected chi connectivity index (χ1v) is 6.56. The molecule has 0 aliphatic heterocycles. The maximum atomic E-state index is 2.42. The molecule has 0 saturated carbocycles. The largest absolute Gasteiger partial charge is 0.0654 e. The molecule has 86 valence electrons. The van der Waals surface area contributed by atoms with Crippen molar-refractivity contribution in [3.05, 3.63) is 0 Å². The molecule has 14 heavy (non-hydrogen) atoms. The molecule has 0 amide bonds. The summed E-state index contributed by atoms with van der Waals surface area (Å²) >= 11 is 0. The molecule has 0 radical (unpaired) electrons. The number of hydrogen-bond donors (Lipinski definition) is 0. The fourth-order valence-electron chi connectivity index (χ4n) is 2.09. The lowest BCUT2D eigenvalue weighted by molar-refractivity contribution is 0.349. The van der Waals surface area contributed by atoms with Gasteiger partial charge in [-0.05, 0) is 24.2 Å². The molecular formula is C14H30. The van der Waals surface area contributed by atoms with Crippen LogP contribution < -0.4 is 0 Å². The van der Waals surface area contributed by atoms with Crippen LogP contribution in [0.5, 0.6) is 0 Å². The molecular weight excluding hydrogens is 168 g/mol. The van der Waals surface area contributed by atoms with Crippen LogP contribution in [0.15, 0.2) is 0 Å². The zero-order chi connectivity index (χ0) is 11.0. The summed E-state index contributed by atoms with van der Waals surface area (Å²) in [4.78, 5) is 0. The van der Waals surface area contributed by atoms with Crippen LogP contribution in [-0.2, 0) is 0 Å². The van der Waals surface area contributed by atoms with Crippen LogP contribution in [0.4, 0.5) is 0 Å². The highest BCUT2D eigenvalue weighted by molar-refractivity contribution is 4.61. The summed E-state index contributed by atoms with van der Waals surface area (Å²) in [5.41, 5.74) is 0. The maximum absolute atomic E-state index is 2.42. The Morgan fingerprint density at radius 2 is 1.36 bits per heavy atom. The van der Waals surface area contributed by atoms with Gasteiger partial charge in [0.1, 0.15) is 0 Å². The fraction of sp³-hybridized carbons (Fsp3) is 1.00. The molecule has 0 heteroatoms. The molecule has 0 aliphatic rings. The molecule has 0 aromatic rings. The molecule has 0 aliphatic carbocycles. The van der Waals surface area contributed by atoms with E-state index in [9.17, 15) is 0 Å². The molecule has 0 nitrogen and oxygen atoms in total. The number of rotatable bonds is 8. The van der Waals surface area contributed by atoms with Gasteiger partial charge in [0.2, 0.25) is 0 Å². The first kappa shape index (κ1) is 14.0. The lowest BCUT2D eigenvalue weighted by Gasteiger charge is -2.17. The molecule has 0 rings (SSSR count). The van der Waals surface area contributed by atoms with E-state index in [1.165, 1.54) is 38.5 Å². The van der Waals surface area contributed by atoms with Gasteiger partial charge in [-0.1, -0.05) is 66.7 Å². The highest BCUT2D eigenvalue weighted by atomic mass is 14.1. The van der Waals surface area contributed by atoms with E-state index in [1.807, 2.05) is 0 Å². The van der Waals surface area contributed by atoms with Gasteiger partial charge >= 0.3 is 0 Å². The highest BCUT2D eigenvalue weighted by Gasteiger charge is 2.08. The Kier molecular flexibility index (Phi) is 8.32. The topological polar surface area (TPSA) is 0 Å². The standard InChI is InChI=1S/C14H30/c1-6-7-8-13(4)11-14(5)10-9-12(2)3/h12-14H,6-11H2,1-5H3. The second-order valence-corrected chi connectivity index (χ2v) is 5.56. The second-order valence-electron chi connectivity index (χ2n) is 5.56. The first-order valence-electron chi connectivity index (χ1n) is 6.56. The van der Waals surface area contributed by atoms with E-state index in [4.69, 9.17) is 0 Å². The summed E-state index contributed by atoms with van der Waals surface area (Å²) in [6.07, 6.45) is 8.47. The van der Waals surface area contributed by atoms with Crippen LogP contribution >= 0.6 is 0 Å². The van der Waals surface area contributed by atoms with Gasteiger partial charge in [0.15, 0.2) is 0 Å². The van der Waals surface area contributed by atoms with Gasteiger partial charge in [-0.2, -0.15) is 0 Å². The predicted octanol–water partition coefficient (Wildman–Crippen LogP) is 5.28. The third-order valence-corrected chi connectivity index (χ3v) is 3.09. The van der Waals surface area contributed by atoms with Crippen molar-refractivity contribution in [2.75, 3.05) is 0 Å². The molecule has 2 atom stereocenters. The van der Waals surface area contributed by atoms with Crippen molar-refractivity contribution in [3.63, 3.8) is 0 Å². The minimum atomic E-state index is 0.878.